The average molecular weight is 620 g/mol. The molecule has 0 rings (SSSR count). The van der Waals surface area contributed by atoms with Crippen molar-refractivity contribution in [2.45, 2.75) is 258 Å². The molecular weight excluding hydrogens is 530 g/mol. The van der Waals surface area contributed by atoms with Crippen molar-refractivity contribution in [3.63, 3.8) is 0 Å². The van der Waals surface area contributed by atoms with E-state index in [1.54, 1.807) is 0 Å². The summed E-state index contributed by atoms with van der Waals surface area (Å²) in [7, 11) is 0. The smallest absolute Gasteiger partial charge is 0.00187 e. The summed E-state index contributed by atoms with van der Waals surface area (Å²) in [4.78, 5) is 2.85. The molecule has 0 heterocycles. The van der Waals surface area contributed by atoms with Crippen LogP contribution in [-0.4, -0.2) is 24.5 Å². The molecule has 0 aromatic rings. The predicted molar refractivity (Wildman–Crippen MR) is 204 cm³/mol. The van der Waals surface area contributed by atoms with Gasteiger partial charge in [-0.2, -0.15) is 0 Å². The number of nitrogens with zero attached hydrogens (tertiary/aromatic N) is 1. The van der Waals surface area contributed by atoms with Crippen molar-refractivity contribution in [2.24, 2.45) is 0 Å². The number of unbranched alkanes of at least 4 members (excludes halogenated alkanes) is 34. The van der Waals surface area contributed by atoms with Crippen LogP contribution in [0.2, 0.25) is 0 Å². The van der Waals surface area contributed by atoms with Crippen LogP contribution in [0.1, 0.15) is 258 Å². The van der Waals surface area contributed by atoms with E-state index >= 15 is 0 Å². The van der Waals surface area contributed by atoms with Gasteiger partial charge < -0.3 is 4.90 Å². The lowest BCUT2D eigenvalue weighted by atomic mass is 10.0. The summed E-state index contributed by atoms with van der Waals surface area (Å²) in [5.41, 5.74) is 0. The first-order valence-corrected chi connectivity index (χ1v) is 21.6. The van der Waals surface area contributed by atoms with Gasteiger partial charge in [-0.3, -0.25) is 0 Å². The molecule has 1 heteroatoms. The standard InChI is InChI=1S/C43H89N/c1-4-7-10-13-15-17-19-21-23-25-27-29-31-33-36-39-42-44(41-38-35-12-9-6-3)43-40-37-34-32-30-28-26-24-22-20-18-16-14-11-8-5-2/h4-43H2,1-3H3. The molecule has 1 nitrogen and oxygen atoms in total. The molecule has 0 bridgehead atoms. The molecule has 0 aliphatic carbocycles. The Kier molecular flexibility index (Phi) is 40.9. The molecule has 0 unspecified atom stereocenters. The molecule has 0 N–H and O–H groups in total. The SMILES string of the molecule is CCCCCCCCCCCCCCCCCCN(CCCCCCC)CCCCCCCCCCCCCCCCCC. The van der Waals surface area contributed by atoms with Crippen molar-refractivity contribution in [3.05, 3.63) is 0 Å². The Morgan fingerprint density at radius 1 is 0.182 bits per heavy atom. The maximum atomic E-state index is 2.85. The number of rotatable bonds is 40. The zero-order valence-corrected chi connectivity index (χ0v) is 31.7. The molecule has 0 saturated carbocycles. The highest BCUT2D eigenvalue weighted by molar-refractivity contribution is 4.61. The lowest BCUT2D eigenvalue weighted by Crippen LogP contribution is -2.27. The molecule has 0 atom stereocenters. The van der Waals surface area contributed by atoms with Gasteiger partial charge in [0, 0.05) is 0 Å². The van der Waals surface area contributed by atoms with E-state index in [1.165, 1.54) is 257 Å². The summed E-state index contributed by atoms with van der Waals surface area (Å²) in [6.07, 6.45) is 54.1. The van der Waals surface area contributed by atoms with Gasteiger partial charge in [0.1, 0.15) is 0 Å². The predicted octanol–water partition coefficient (Wildman–Crippen LogP) is 15.8. The molecular formula is C43H89N. The first-order valence-electron chi connectivity index (χ1n) is 21.6. The van der Waals surface area contributed by atoms with Gasteiger partial charge in [-0.05, 0) is 38.9 Å². The highest BCUT2D eigenvalue weighted by Gasteiger charge is 2.05. The van der Waals surface area contributed by atoms with Crippen LogP contribution in [0, 0.1) is 0 Å². The zero-order chi connectivity index (χ0) is 31.9. The van der Waals surface area contributed by atoms with E-state index in [1.807, 2.05) is 0 Å². The topological polar surface area (TPSA) is 3.24 Å². The van der Waals surface area contributed by atoms with E-state index in [0.29, 0.717) is 0 Å². The van der Waals surface area contributed by atoms with Crippen molar-refractivity contribution in [1.29, 1.82) is 0 Å². The Morgan fingerprint density at radius 3 is 0.477 bits per heavy atom. The fraction of sp³-hybridized carbons (Fsp3) is 1.00. The Balaban J connectivity index is 3.66. The lowest BCUT2D eigenvalue weighted by Gasteiger charge is -2.22. The third-order valence-corrected chi connectivity index (χ3v) is 10.2. The average Bonchev–Trinajstić information content (AvgIpc) is 3.03. The van der Waals surface area contributed by atoms with E-state index in [2.05, 4.69) is 25.7 Å². The fourth-order valence-electron chi connectivity index (χ4n) is 7.04. The summed E-state index contributed by atoms with van der Waals surface area (Å²) in [6, 6.07) is 0. The van der Waals surface area contributed by atoms with E-state index in [4.69, 9.17) is 0 Å². The zero-order valence-electron chi connectivity index (χ0n) is 31.7. The summed E-state index contributed by atoms with van der Waals surface area (Å²) in [5, 5.41) is 0. The van der Waals surface area contributed by atoms with Gasteiger partial charge in [0.25, 0.3) is 0 Å². The summed E-state index contributed by atoms with van der Waals surface area (Å²) >= 11 is 0. The van der Waals surface area contributed by atoms with Crippen molar-refractivity contribution < 1.29 is 0 Å². The minimum atomic E-state index is 1.36. The number of hydrogen-bond donors (Lipinski definition) is 0. The third-order valence-electron chi connectivity index (χ3n) is 10.2. The van der Waals surface area contributed by atoms with Crippen LogP contribution in [0.15, 0.2) is 0 Å². The lowest BCUT2D eigenvalue weighted by molar-refractivity contribution is 0.254. The Labute approximate surface area is 282 Å². The van der Waals surface area contributed by atoms with E-state index in [-0.39, 0.29) is 0 Å². The highest BCUT2D eigenvalue weighted by Crippen LogP contribution is 2.16. The van der Waals surface area contributed by atoms with Gasteiger partial charge in [0.05, 0.1) is 0 Å². The van der Waals surface area contributed by atoms with Gasteiger partial charge >= 0.3 is 0 Å². The molecule has 0 saturated heterocycles. The van der Waals surface area contributed by atoms with Crippen molar-refractivity contribution in [1.82, 2.24) is 4.90 Å². The fourth-order valence-corrected chi connectivity index (χ4v) is 7.04. The van der Waals surface area contributed by atoms with Gasteiger partial charge in [-0.1, -0.05) is 239 Å². The molecule has 0 radical (unpaired) electrons. The number of hydrogen-bond acceptors (Lipinski definition) is 1. The molecule has 0 spiro atoms. The van der Waals surface area contributed by atoms with Crippen molar-refractivity contribution >= 4 is 0 Å². The van der Waals surface area contributed by atoms with E-state index in [9.17, 15) is 0 Å². The van der Waals surface area contributed by atoms with Crippen LogP contribution in [0.4, 0.5) is 0 Å². The second-order valence-corrected chi connectivity index (χ2v) is 14.9. The highest BCUT2D eigenvalue weighted by atomic mass is 15.1. The van der Waals surface area contributed by atoms with E-state index in [0.717, 1.165) is 0 Å². The maximum absolute atomic E-state index is 2.85. The van der Waals surface area contributed by atoms with Crippen LogP contribution in [0.25, 0.3) is 0 Å². The normalized spacial score (nSPS) is 11.7. The van der Waals surface area contributed by atoms with Gasteiger partial charge in [-0.15, -0.1) is 0 Å². The Bertz CT molecular complexity index is 438. The van der Waals surface area contributed by atoms with Gasteiger partial charge in [0.2, 0.25) is 0 Å². The summed E-state index contributed by atoms with van der Waals surface area (Å²) < 4.78 is 0. The minimum Gasteiger partial charge on any atom is -0.303 e. The first-order chi connectivity index (χ1) is 21.8. The molecule has 266 valence electrons. The largest absolute Gasteiger partial charge is 0.303 e. The summed E-state index contributed by atoms with van der Waals surface area (Å²) in [6.45, 7) is 11.1. The van der Waals surface area contributed by atoms with Crippen LogP contribution < -0.4 is 0 Å². The third kappa shape index (κ3) is 38.1. The molecule has 0 amide bonds. The maximum Gasteiger partial charge on any atom is -0.00187 e. The molecule has 0 aliphatic heterocycles. The van der Waals surface area contributed by atoms with Crippen LogP contribution in [-0.2, 0) is 0 Å². The first kappa shape index (κ1) is 44.0. The van der Waals surface area contributed by atoms with Gasteiger partial charge in [-0.25, -0.2) is 0 Å². The second-order valence-electron chi connectivity index (χ2n) is 14.9. The quantitative estimate of drug-likeness (QED) is 0.0617. The monoisotopic (exact) mass is 620 g/mol. The Morgan fingerprint density at radius 2 is 0.318 bits per heavy atom. The summed E-state index contributed by atoms with van der Waals surface area (Å²) in [5.74, 6) is 0. The van der Waals surface area contributed by atoms with Crippen LogP contribution in [0.3, 0.4) is 0 Å². The Hall–Kier alpha value is -0.0400. The molecule has 0 aromatic heterocycles. The van der Waals surface area contributed by atoms with Crippen molar-refractivity contribution in [2.75, 3.05) is 19.6 Å². The van der Waals surface area contributed by atoms with Crippen LogP contribution >= 0.6 is 0 Å². The molecule has 0 aliphatic rings. The van der Waals surface area contributed by atoms with E-state index < -0.39 is 0 Å². The minimum absolute atomic E-state index is 1.36. The van der Waals surface area contributed by atoms with Crippen LogP contribution in [0.5, 0.6) is 0 Å². The molecule has 0 fully saturated rings. The molecule has 44 heavy (non-hydrogen) atoms. The van der Waals surface area contributed by atoms with Gasteiger partial charge in [0.15, 0.2) is 0 Å². The molecule has 0 aromatic carbocycles. The van der Waals surface area contributed by atoms with Crippen molar-refractivity contribution in [3.8, 4) is 0 Å². The second kappa shape index (κ2) is 41.0.